The summed E-state index contributed by atoms with van der Waals surface area (Å²) < 4.78 is 14.9. The van der Waals surface area contributed by atoms with E-state index in [-0.39, 0.29) is 17.4 Å². The van der Waals surface area contributed by atoms with Gasteiger partial charge in [-0.05, 0) is 55.0 Å². The number of amides is 1. The smallest absolute Gasteiger partial charge is 0.269 e. The maximum absolute atomic E-state index is 13.2. The first-order valence-electron chi connectivity index (χ1n) is 9.40. The molecule has 32 heavy (non-hydrogen) atoms. The molecular weight excluding hydrogens is 433 g/mol. The van der Waals surface area contributed by atoms with Gasteiger partial charge in [0.1, 0.15) is 17.5 Å². The number of halogens is 1. The van der Waals surface area contributed by atoms with Gasteiger partial charge in [-0.3, -0.25) is 19.5 Å². The predicted molar refractivity (Wildman–Crippen MR) is 120 cm³/mol. The van der Waals surface area contributed by atoms with E-state index in [0.29, 0.717) is 28.0 Å². The number of nitrogens with zero attached hydrogens (tertiary/aromatic N) is 4. The number of carbonyl (C=O) groups is 1. The van der Waals surface area contributed by atoms with Gasteiger partial charge in [-0.15, -0.1) is 11.3 Å². The predicted octanol–water partition coefficient (Wildman–Crippen LogP) is 5.00. The van der Waals surface area contributed by atoms with Crippen molar-refractivity contribution in [1.29, 1.82) is 0 Å². The molecule has 0 aliphatic carbocycles. The van der Waals surface area contributed by atoms with Crippen molar-refractivity contribution in [1.82, 2.24) is 14.5 Å². The van der Waals surface area contributed by atoms with Crippen molar-refractivity contribution in [3.05, 3.63) is 93.5 Å². The zero-order valence-corrected chi connectivity index (χ0v) is 17.5. The van der Waals surface area contributed by atoms with Crippen molar-refractivity contribution in [2.24, 2.45) is 0 Å². The van der Waals surface area contributed by atoms with Gasteiger partial charge < -0.3 is 5.32 Å². The van der Waals surface area contributed by atoms with Crippen LogP contribution in [0.25, 0.3) is 22.5 Å². The maximum atomic E-state index is 13.2. The number of aromatic nitrogens is 3. The van der Waals surface area contributed by atoms with E-state index >= 15 is 0 Å². The van der Waals surface area contributed by atoms with E-state index in [2.05, 4.69) is 15.3 Å². The van der Waals surface area contributed by atoms with Gasteiger partial charge in [0.2, 0.25) is 5.91 Å². The van der Waals surface area contributed by atoms with Crippen LogP contribution < -0.4 is 5.32 Å². The standard InChI is InChI=1S/C22H16FN5O3S/c1-14-24-12-20(26-21(29)11-4-15-2-9-18(10-3-15)28(30)31)27(14)22-25-19(13-32-22)16-5-7-17(23)8-6-16/h2-13H,1H3,(H,26,29)/b11-4+. The third kappa shape index (κ3) is 4.60. The summed E-state index contributed by atoms with van der Waals surface area (Å²) in [7, 11) is 0. The Morgan fingerprint density at radius 3 is 2.59 bits per heavy atom. The Balaban J connectivity index is 1.51. The lowest BCUT2D eigenvalue weighted by molar-refractivity contribution is -0.384. The van der Waals surface area contributed by atoms with Crippen LogP contribution in [0.15, 0.2) is 66.2 Å². The van der Waals surface area contributed by atoms with Crippen molar-refractivity contribution in [2.75, 3.05) is 5.32 Å². The number of nitrogens with one attached hydrogen (secondary N) is 1. The highest BCUT2D eigenvalue weighted by Gasteiger charge is 2.14. The summed E-state index contributed by atoms with van der Waals surface area (Å²) in [6, 6.07) is 11.9. The van der Waals surface area contributed by atoms with Crippen LogP contribution in [0, 0.1) is 22.9 Å². The average molecular weight is 449 g/mol. The van der Waals surface area contributed by atoms with Gasteiger partial charge in [0.25, 0.3) is 5.69 Å². The summed E-state index contributed by atoms with van der Waals surface area (Å²) in [6.07, 6.45) is 4.42. The van der Waals surface area contributed by atoms with Gasteiger partial charge >= 0.3 is 0 Å². The molecule has 2 aromatic heterocycles. The molecule has 4 rings (SSSR count). The summed E-state index contributed by atoms with van der Waals surface area (Å²) in [5.41, 5.74) is 2.10. The van der Waals surface area contributed by atoms with Crippen LogP contribution in [0.5, 0.6) is 0 Å². The molecule has 2 heterocycles. The molecule has 0 radical (unpaired) electrons. The monoisotopic (exact) mass is 449 g/mol. The highest BCUT2D eigenvalue weighted by molar-refractivity contribution is 7.12. The van der Waals surface area contributed by atoms with Crippen molar-refractivity contribution in [2.45, 2.75) is 6.92 Å². The molecule has 0 aliphatic rings. The first-order chi connectivity index (χ1) is 15.4. The Labute approximate surface area is 185 Å². The number of aryl methyl sites for hydroxylation is 1. The lowest BCUT2D eigenvalue weighted by Crippen LogP contribution is -2.12. The second-order valence-electron chi connectivity index (χ2n) is 6.72. The first kappa shape index (κ1) is 21.1. The molecule has 1 amide bonds. The summed E-state index contributed by atoms with van der Waals surface area (Å²) in [6.45, 7) is 1.79. The van der Waals surface area contributed by atoms with Crippen LogP contribution in [-0.2, 0) is 4.79 Å². The molecule has 0 unspecified atom stereocenters. The number of imidazole rings is 1. The van der Waals surface area contributed by atoms with E-state index in [4.69, 9.17) is 0 Å². The summed E-state index contributed by atoms with van der Waals surface area (Å²) in [4.78, 5) is 31.5. The average Bonchev–Trinajstić information content (AvgIpc) is 3.39. The van der Waals surface area contributed by atoms with Crippen LogP contribution >= 0.6 is 11.3 Å². The zero-order valence-electron chi connectivity index (χ0n) is 16.7. The molecule has 4 aromatic rings. The fourth-order valence-corrected chi connectivity index (χ4v) is 3.83. The van der Waals surface area contributed by atoms with Gasteiger partial charge in [-0.2, -0.15) is 0 Å². The topological polar surface area (TPSA) is 103 Å². The molecule has 160 valence electrons. The number of thiazole rings is 1. The summed E-state index contributed by atoms with van der Waals surface area (Å²) in [5.74, 6) is 0.377. The van der Waals surface area contributed by atoms with Gasteiger partial charge in [0.15, 0.2) is 5.13 Å². The molecule has 0 spiro atoms. The van der Waals surface area contributed by atoms with Crippen LogP contribution in [0.4, 0.5) is 15.9 Å². The first-order valence-corrected chi connectivity index (χ1v) is 10.3. The number of anilines is 1. The minimum atomic E-state index is -0.482. The Kier molecular flexibility index (Phi) is 5.86. The molecule has 0 bridgehead atoms. The lowest BCUT2D eigenvalue weighted by Gasteiger charge is -2.07. The summed E-state index contributed by atoms with van der Waals surface area (Å²) in [5, 5.41) is 15.9. The quantitative estimate of drug-likeness (QED) is 0.253. The SMILES string of the molecule is Cc1ncc(NC(=O)/C=C/c2ccc([N+](=O)[O-])cc2)n1-c1nc(-c2ccc(F)cc2)cs1. The minimum absolute atomic E-state index is 0.0190. The number of carbonyl (C=O) groups excluding carboxylic acids is 1. The number of nitro groups is 1. The molecule has 1 N–H and O–H groups in total. The minimum Gasteiger partial charge on any atom is -0.307 e. The maximum Gasteiger partial charge on any atom is 0.269 e. The van der Waals surface area contributed by atoms with Gasteiger partial charge in [-0.25, -0.2) is 14.4 Å². The molecule has 0 saturated carbocycles. The molecular formula is C22H16FN5O3S. The second-order valence-corrected chi connectivity index (χ2v) is 7.56. The highest BCUT2D eigenvalue weighted by Crippen LogP contribution is 2.27. The van der Waals surface area contributed by atoms with Gasteiger partial charge in [-0.1, -0.05) is 0 Å². The number of hydrogen-bond donors (Lipinski definition) is 1. The van der Waals surface area contributed by atoms with Crippen molar-refractivity contribution in [3.63, 3.8) is 0 Å². The van der Waals surface area contributed by atoms with E-state index in [1.807, 2.05) is 5.38 Å². The molecule has 0 atom stereocenters. The van der Waals surface area contributed by atoms with Crippen LogP contribution in [0.2, 0.25) is 0 Å². The largest absolute Gasteiger partial charge is 0.307 e. The number of hydrogen-bond acceptors (Lipinski definition) is 6. The molecule has 10 heteroatoms. The van der Waals surface area contributed by atoms with Gasteiger partial charge in [0.05, 0.1) is 16.8 Å². The number of non-ortho nitro benzene ring substituents is 1. The normalized spacial score (nSPS) is 11.1. The molecule has 2 aromatic carbocycles. The Bertz CT molecular complexity index is 1310. The summed E-state index contributed by atoms with van der Waals surface area (Å²) >= 11 is 1.37. The Morgan fingerprint density at radius 2 is 1.91 bits per heavy atom. The van der Waals surface area contributed by atoms with E-state index in [0.717, 1.165) is 5.56 Å². The van der Waals surface area contributed by atoms with E-state index < -0.39 is 4.92 Å². The third-order valence-electron chi connectivity index (χ3n) is 4.54. The van der Waals surface area contributed by atoms with E-state index in [1.165, 1.54) is 47.9 Å². The Hall–Kier alpha value is -4.18. The molecule has 0 saturated heterocycles. The van der Waals surface area contributed by atoms with Crippen LogP contribution in [0.1, 0.15) is 11.4 Å². The number of nitro benzene ring substituents is 1. The highest BCUT2D eigenvalue weighted by atomic mass is 32.1. The third-order valence-corrected chi connectivity index (χ3v) is 5.37. The van der Waals surface area contributed by atoms with Crippen LogP contribution in [0.3, 0.4) is 0 Å². The van der Waals surface area contributed by atoms with E-state index in [9.17, 15) is 19.3 Å². The number of rotatable bonds is 6. The second kappa shape index (κ2) is 8.90. The van der Waals surface area contributed by atoms with E-state index in [1.54, 1.807) is 41.8 Å². The van der Waals surface area contributed by atoms with Crippen molar-refractivity contribution < 1.29 is 14.1 Å². The van der Waals surface area contributed by atoms with Crippen LogP contribution in [-0.4, -0.2) is 25.4 Å². The van der Waals surface area contributed by atoms with Gasteiger partial charge in [0, 0.05) is 29.2 Å². The molecule has 0 fully saturated rings. The fourth-order valence-electron chi connectivity index (χ4n) is 2.94. The number of benzene rings is 2. The fraction of sp³-hybridized carbons (Fsp3) is 0.0455. The lowest BCUT2D eigenvalue weighted by atomic mass is 10.2. The molecule has 8 nitrogen and oxygen atoms in total. The molecule has 0 aliphatic heterocycles. The van der Waals surface area contributed by atoms with Crippen molar-refractivity contribution >= 4 is 34.8 Å². The zero-order chi connectivity index (χ0) is 22.7. The Morgan fingerprint density at radius 1 is 1.19 bits per heavy atom. The van der Waals surface area contributed by atoms with Crippen molar-refractivity contribution in [3.8, 4) is 16.4 Å².